The number of amides is 1. The van der Waals surface area contributed by atoms with Crippen LogP contribution in [0.3, 0.4) is 0 Å². The summed E-state index contributed by atoms with van der Waals surface area (Å²) in [4.78, 5) is 22.2. The van der Waals surface area contributed by atoms with E-state index in [4.69, 9.17) is 0 Å². The molecule has 3 aromatic rings. The number of nitrogens with one attached hydrogen (secondary N) is 1. The molecule has 2 aromatic carbocycles. The summed E-state index contributed by atoms with van der Waals surface area (Å²) in [6.45, 7) is 2.73. The van der Waals surface area contributed by atoms with Gasteiger partial charge in [0.2, 0.25) is 5.91 Å². The van der Waals surface area contributed by atoms with E-state index in [0.29, 0.717) is 13.0 Å². The molecule has 4 nitrogen and oxygen atoms in total. The summed E-state index contributed by atoms with van der Waals surface area (Å²) < 4.78 is 0. The number of aromatic amines is 1. The fourth-order valence-electron chi connectivity index (χ4n) is 3.03. The number of rotatable bonds is 2. The van der Waals surface area contributed by atoms with Gasteiger partial charge in [-0.3, -0.25) is 4.79 Å². The maximum absolute atomic E-state index is 12.3. The third-order valence-electron chi connectivity index (χ3n) is 4.27. The van der Waals surface area contributed by atoms with Gasteiger partial charge >= 0.3 is 0 Å². The fraction of sp³-hybridized carbons (Fsp3) is 0.222. The van der Waals surface area contributed by atoms with Gasteiger partial charge in [0.1, 0.15) is 5.82 Å². The summed E-state index contributed by atoms with van der Waals surface area (Å²) in [6, 6.07) is 16.1. The highest BCUT2D eigenvalue weighted by Crippen LogP contribution is 2.31. The van der Waals surface area contributed by atoms with Crippen LogP contribution in [0.1, 0.15) is 23.7 Å². The van der Waals surface area contributed by atoms with Crippen molar-refractivity contribution in [1.82, 2.24) is 9.97 Å². The van der Waals surface area contributed by atoms with Gasteiger partial charge in [-0.25, -0.2) is 4.98 Å². The monoisotopic (exact) mass is 291 g/mol. The highest BCUT2D eigenvalue weighted by Gasteiger charge is 2.33. The number of hydrogen-bond donors (Lipinski definition) is 1. The molecule has 1 amide bonds. The summed E-state index contributed by atoms with van der Waals surface area (Å²) in [5.74, 6) is 1.19. The molecular weight excluding hydrogens is 274 g/mol. The Hall–Kier alpha value is -2.62. The van der Waals surface area contributed by atoms with Crippen molar-refractivity contribution in [2.45, 2.75) is 19.3 Å². The van der Waals surface area contributed by atoms with Gasteiger partial charge in [-0.1, -0.05) is 29.8 Å². The Labute approximate surface area is 128 Å². The number of H-pyrrole nitrogens is 1. The Morgan fingerprint density at radius 3 is 2.68 bits per heavy atom. The zero-order valence-electron chi connectivity index (χ0n) is 12.4. The van der Waals surface area contributed by atoms with Crippen molar-refractivity contribution in [1.29, 1.82) is 0 Å². The molecule has 22 heavy (non-hydrogen) atoms. The predicted octanol–water partition coefficient (Wildman–Crippen LogP) is 3.39. The molecule has 1 fully saturated rings. The number of imidazole rings is 1. The molecule has 0 aliphatic carbocycles. The first-order valence-electron chi connectivity index (χ1n) is 7.52. The molecule has 0 spiro atoms. The van der Waals surface area contributed by atoms with Gasteiger partial charge in [0.15, 0.2) is 0 Å². The number of anilines is 1. The Kier molecular flexibility index (Phi) is 2.96. The topological polar surface area (TPSA) is 49.0 Å². The SMILES string of the molecule is Cc1ccc(N2CC(c3nc4ccccc4[nH]3)CC2=O)cc1. The smallest absolute Gasteiger partial charge is 0.227 e. The first kappa shape index (κ1) is 13.1. The predicted molar refractivity (Wildman–Crippen MR) is 87.0 cm³/mol. The van der Waals surface area contributed by atoms with Crippen LogP contribution < -0.4 is 4.90 Å². The quantitative estimate of drug-likeness (QED) is 0.786. The summed E-state index contributed by atoms with van der Waals surface area (Å²) in [5, 5.41) is 0. The number of carbonyl (C=O) groups is 1. The van der Waals surface area contributed by atoms with Gasteiger partial charge < -0.3 is 9.88 Å². The zero-order valence-corrected chi connectivity index (χ0v) is 12.4. The molecule has 2 heterocycles. The molecule has 1 aliphatic rings. The van der Waals surface area contributed by atoms with Crippen LogP contribution in [0.5, 0.6) is 0 Å². The normalized spacial score (nSPS) is 18.3. The van der Waals surface area contributed by atoms with Gasteiger partial charge in [0, 0.05) is 24.6 Å². The lowest BCUT2D eigenvalue weighted by Gasteiger charge is -2.16. The maximum Gasteiger partial charge on any atom is 0.227 e. The van der Waals surface area contributed by atoms with Crippen LogP contribution in [0.25, 0.3) is 11.0 Å². The molecule has 110 valence electrons. The Morgan fingerprint density at radius 2 is 1.91 bits per heavy atom. The first-order valence-corrected chi connectivity index (χ1v) is 7.52. The van der Waals surface area contributed by atoms with Gasteiger partial charge in [-0.15, -0.1) is 0 Å². The van der Waals surface area contributed by atoms with Crippen molar-refractivity contribution in [3.8, 4) is 0 Å². The Morgan fingerprint density at radius 1 is 1.14 bits per heavy atom. The molecule has 1 aliphatic heterocycles. The lowest BCUT2D eigenvalue weighted by Crippen LogP contribution is -2.24. The first-order chi connectivity index (χ1) is 10.7. The minimum atomic E-state index is 0.126. The highest BCUT2D eigenvalue weighted by molar-refractivity contribution is 5.96. The molecule has 4 rings (SSSR count). The van der Waals surface area contributed by atoms with Crippen LogP contribution in [-0.4, -0.2) is 22.4 Å². The molecule has 4 heteroatoms. The number of para-hydroxylation sites is 2. The van der Waals surface area contributed by atoms with Crippen LogP contribution in [0.2, 0.25) is 0 Å². The van der Waals surface area contributed by atoms with E-state index in [1.165, 1.54) is 5.56 Å². The van der Waals surface area contributed by atoms with E-state index in [2.05, 4.69) is 9.97 Å². The van der Waals surface area contributed by atoms with Gasteiger partial charge in [0.05, 0.1) is 11.0 Å². The number of aromatic nitrogens is 2. The van der Waals surface area contributed by atoms with E-state index in [9.17, 15) is 4.79 Å². The molecule has 0 saturated carbocycles. The molecule has 1 unspecified atom stereocenters. The van der Waals surface area contributed by atoms with E-state index in [1.54, 1.807) is 0 Å². The van der Waals surface area contributed by atoms with E-state index in [1.807, 2.05) is 60.4 Å². The van der Waals surface area contributed by atoms with Crippen LogP contribution in [-0.2, 0) is 4.79 Å². The zero-order chi connectivity index (χ0) is 15.1. The van der Waals surface area contributed by atoms with Crippen molar-refractivity contribution in [3.05, 3.63) is 59.9 Å². The van der Waals surface area contributed by atoms with Gasteiger partial charge in [0.25, 0.3) is 0 Å². The van der Waals surface area contributed by atoms with Crippen LogP contribution in [0.4, 0.5) is 5.69 Å². The number of benzene rings is 2. The fourth-order valence-corrected chi connectivity index (χ4v) is 3.03. The van der Waals surface area contributed by atoms with Crippen molar-refractivity contribution >= 4 is 22.6 Å². The second-order valence-corrected chi connectivity index (χ2v) is 5.88. The van der Waals surface area contributed by atoms with Crippen LogP contribution in [0.15, 0.2) is 48.5 Å². The lowest BCUT2D eigenvalue weighted by molar-refractivity contribution is -0.117. The average Bonchev–Trinajstić information content (AvgIpc) is 3.11. The van der Waals surface area contributed by atoms with Crippen molar-refractivity contribution < 1.29 is 4.79 Å². The van der Waals surface area contributed by atoms with E-state index in [-0.39, 0.29) is 11.8 Å². The standard InChI is InChI=1S/C18H17N3O/c1-12-6-8-14(9-7-12)21-11-13(10-17(21)22)18-19-15-4-2-3-5-16(15)20-18/h2-9,13H,10-11H2,1H3,(H,19,20). The molecule has 1 saturated heterocycles. The highest BCUT2D eigenvalue weighted by atomic mass is 16.2. The Balaban J connectivity index is 1.62. The number of carbonyl (C=O) groups excluding carboxylic acids is 1. The molecular formula is C18H17N3O. The minimum Gasteiger partial charge on any atom is -0.342 e. The summed E-state index contributed by atoms with van der Waals surface area (Å²) >= 11 is 0. The van der Waals surface area contributed by atoms with Crippen LogP contribution in [0, 0.1) is 6.92 Å². The average molecular weight is 291 g/mol. The number of nitrogens with zero attached hydrogens (tertiary/aromatic N) is 2. The van der Waals surface area contributed by atoms with E-state index in [0.717, 1.165) is 22.5 Å². The molecule has 1 atom stereocenters. The molecule has 1 aromatic heterocycles. The van der Waals surface area contributed by atoms with Gasteiger partial charge in [-0.05, 0) is 31.2 Å². The molecule has 0 bridgehead atoms. The lowest BCUT2D eigenvalue weighted by atomic mass is 10.1. The van der Waals surface area contributed by atoms with Crippen molar-refractivity contribution in [2.24, 2.45) is 0 Å². The van der Waals surface area contributed by atoms with Gasteiger partial charge in [-0.2, -0.15) is 0 Å². The summed E-state index contributed by atoms with van der Waals surface area (Å²) in [5.41, 5.74) is 4.15. The third kappa shape index (κ3) is 2.17. The summed E-state index contributed by atoms with van der Waals surface area (Å²) in [7, 11) is 0. The second kappa shape index (κ2) is 4.98. The van der Waals surface area contributed by atoms with Crippen molar-refractivity contribution in [3.63, 3.8) is 0 Å². The van der Waals surface area contributed by atoms with E-state index < -0.39 is 0 Å². The minimum absolute atomic E-state index is 0.126. The number of aryl methyl sites for hydroxylation is 1. The third-order valence-corrected chi connectivity index (χ3v) is 4.27. The van der Waals surface area contributed by atoms with E-state index >= 15 is 0 Å². The molecule has 1 N–H and O–H groups in total. The molecule has 0 radical (unpaired) electrons. The Bertz CT molecular complexity index is 802. The van der Waals surface area contributed by atoms with Crippen molar-refractivity contribution in [2.75, 3.05) is 11.4 Å². The number of hydrogen-bond acceptors (Lipinski definition) is 2. The second-order valence-electron chi connectivity index (χ2n) is 5.88. The number of fused-ring (bicyclic) bond motifs is 1. The maximum atomic E-state index is 12.3. The summed E-state index contributed by atoms with van der Waals surface area (Å²) in [6.07, 6.45) is 0.508. The largest absolute Gasteiger partial charge is 0.342 e. The van der Waals surface area contributed by atoms with Crippen LogP contribution >= 0.6 is 0 Å².